The van der Waals surface area contributed by atoms with Crippen molar-refractivity contribution in [1.82, 2.24) is 4.98 Å². The van der Waals surface area contributed by atoms with E-state index in [1.54, 1.807) is 27.7 Å². The summed E-state index contributed by atoms with van der Waals surface area (Å²) in [5.41, 5.74) is 1.43. The fourth-order valence-corrected chi connectivity index (χ4v) is 2.92. The van der Waals surface area contributed by atoms with Crippen LogP contribution in [0.25, 0.3) is 0 Å². The molecule has 2 rings (SSSR count). The number of rotatable bonds is 7. The summed E-state index contributed by atoms with van der Waals surface area (Å²) in [6, 6.07) is 3.94. The molecule has 0 spiro atoms. The van der Waals surface area contributed by atoms with Crippen LogP contribution in [0.2, 0.25) is 0 Å². The summed E-state index contributed by atoms with van der Waals surface area (Å²) in [4.78, 5) is 50.5. The van der Waals surface area contributed by atoms with Crippen LogP contribution in [0, 0.1) is 30.9 Å². The van der Waals surface area contributed by atoms with Gasteiger partial charge < -0.3 is 14.5 Å². The maximum absolute atomic E-state index is 12.7. The standard InChI is InChI=1S/C20H22N2O7/c1-6-28-20(25)16-11(3)17(21-12(16)4)18(23)13(5)29-19(24)14-8-7-10(2)15(9-14)22(26)27/h7-9,13,21H,6H2,1-5H3. The Morgan fingerprint density at radius 3 is 2.41 bits per heavy atom. The number of nitrogens with one attached hydrogen (secondary N) is 1. The number of hydrogen-bond donors (Lipinski definition) is 1. The van der Waals surface area contributed by atoms with Gasteiger partial charge in [-0.15, -0.1) is 0 Å². The van der Waals surface area contributed by atoms with Crippen LogP contribution < -0.4 is 0 Å². The Morgan fingerprint density at radius 2 is 1.83 bits per heavy atom. The Hall–Kier alpha value is -3.49. The molecule has 1 heterocycles. The molecule has 0 aliphatic carbocycles. The predicted octanol–water partition coefficient (Wildman–Crippen LogP) is 3.45. The number of nitrogens with zero attached hydrogens (tertiary/aromatic N) is 1. The van der Waals surface area contributed by atoms with Crippen molar-refractivity contribution < 1.29 is 28.8 Å². The van der Waals surface area contributed by atoms with E-state index in [9.17, 15) is 24.5 Å². The van der Waals surface area contributed by atoms with Crippen LogP contribution in [0.3, 0.4) is 0 Å². The molecule has 0 saturated carbocycles. The van der Waals surface area contributed by atoms with E-state index in [0.29, 0.717) is 16.8 Å². The van der Waals surface area contributed by atoms with E-state index in [2.05, 4.69) is 4.98 Å². The fraction of sp³-hybridized carbons (Fsp3) is 0.350. The zero-order valence-corrected chi connectivity index (χ0v) is 16.8. The van der Waals surface area contributed by atoms with E-state index in [0.717, 1.165) is 6.07 Å². The Labute approximate surface area is 167 Å². The second-order valence-electron chi connectivity index (χ2n) is 6.52. The number of aromatic nitrogens is 1. The first-order valence-corrected chi connectivity index (χ1v) is 8.94. The largest absolute Gasteiger partial charge is 0.462 e. The van der Waals surface area contributed by atoms with Crippen LogP contribution in [0.4, 0.5) is 5.69 Å². The number of benzene rings is 1. The molecule has 1 aromatic heterocycles. The Kier molecular flexibility index (Phi) is 6.53. The number of carbonyl (C=O) groups is 3. The minimum Gasteiger partial charge on any atom is -0.462 e. The number of hydrogen-bond acceptors (Lipinski definition) is 7. The first-order chi connectivity index (χ1) is 13.6. The highest BCUT2D eigenvalue weighted by atomic mass is 16.6. The first kappa shape index (κ1) is 21.8. The van der Waals surface area contributed by atoms with Gasteiger partial charge in [0.15, 0.2) is 6.10 Å². The van der Waals surface area contributed by atoms with Crippen LogP contribution in [-0.4, -0.2) is 40.3 Å². The summed E-state index contributed by atoms with van der Waals surface area (Å²) in [6.45, 7) is 8.06. The topological polar surface area (TPSA) is 129 Å². The van der Waals surface area contributed by atoms with Gasteiger partial charge in [0.25, 0.3) is 5.69 Å². The van der Waals surface area contributed by atoms with Crippen LogP contribution in [-0.2, 0) is 9.47 Å². The molecule has 1 aromatic carbocycles. The van der Waals surface area contributed by atoms with E-state index in [1.165, 1.54) is 19.1 Å². The Bertz CT molecular complexity index is 991. The number of nitro groups is 1. The highest BCUT2D eigenvalue weighted by Crippen LogP contribution is 2.23. The van der Waals surface area contributed by atoms with Gasteiger partial charge in [0, 0.05) is 17.3 Å². The molecule has 2 aromatic rings. The lowest BCUT2D eigenvalue weighted by molar-refractivity contribution is -0.385. The van der Waals surface area contributed by atoms with E-state index in [-0.39, 0.29) is 29.1 Å². The fourth-order valence-electron chi connectivity index (χ4n) is 2.92. The lowest BCUT2D eigenvalue weighted by Gasteiger charge is -2.12. The van der Waals surface area contributed by atoms with E-state index in [1.807, 2.05) is 0 Å². The number of ketones is 1. The number of esters is 2. The summed E-state index contributed by atoms with van der Waals surface area (Å²) in [5.74, 6) is -1.94. The third-order valence-corrected chi connectivity index (χ3v) is 4.46. The maximum Gasteiger partial charge on any atom is 0.340 e. The van der Waals surface area contributed by atoms with Gasteiger partial charge in [0.05, 0.1) is 28.4 Å². The van der Waals surface area contributed by atoms with Gasteiger partial charge >= 0.3 is 11.9 Å². The quantitative estimate of drug-likeness (QED) is 0.325. The average molecular weight is 402 g/mol. The summed E-state index contributed by atoms with van der Waals surface area (Å²) >= 11 is 0. The average Bonchev–Trinajstić information content (AvgIpc) is 2.95. The molecule has 0 aliphatic rings. The van der Waals surface area contributed by atoms with Gasteiger partial charge in [-0.25, -0.2) is 9.59 Å². The van der Waals surface area contributed by atoms with E-state index < -0.39 is 28.7 Å². The summed E-state index contributed by atoms with van der Waals surface area (Å²) in [7, 11) is 0. The van der Waals surface area contributed by atoms with Crippen LogP contribution in [0.5, 0.6) is 0 Å². The van der Waals surface area contributed by atoms with Crippen LogP contribution in [0.15, 0.2) is 18.2 Å². The van der Waals surface area contributed by atoms with Crippen LogP contribution in [0.1, 0.15) is 61.9 Å². The molecule has 0 amide bonds. The van der Waals surface area contributed by atoms with Crippen molar-refractivity contribution in [1.29, 1.82) is 0 Å². The number of Topliss-reactive ketones (excluding diaryl/α,β-unsaturated/α-hetero) is 1. The van der Waals surface area contributed by atoms with Gasteiger partial charge in [-0.2, -0.15) is 0 Å². The lowest BCUT2D eigenvalue weighted by atomic mass is 10.1. The monoisotopic (exact) mass is 402 g/mol. The third kappa shape index (κ3) is 4.50. The molecule has 1 atom stereocenters. The normalized spacial score (nSPS) is 11.6. The first-order valence-electron chi connectivity index (χ1n) is 8.94. The van der Waals surface area contributed by atoms with Crippen molar-refractivity contribution in [2.45, 2.75) is 40.7 Å². The number of carbonyl (C=O) groups excluding carboxylic acids is 3. The predicted molar refractivity (Wildman–Crippen MR) is 103 cm³/mol. The number of nitro benzene ring substituents is 1. The van der Waals surface area contributed by atoms with Gasteiger partial charge in [-0.1, -0.05) is 6.07 Å². The van der Waals surface area contributed by atoms with Gasteiger partial charge in [0.1, 0.15) is 0 Å². The Morgan fingerprint density at radius 1 is 1.17 bits per heavy atom. The third-order valence-electron chi connectivity index (χ3n) is 4.46. The van der Waals surface area contributed by atoms with Crippen molar-refractivity contribution in [3.63, 3.8) is 0 Å². The lowest BCUT2D eigenvalue weighted by Crippen LogP contribution is -2.25. The summed E-state index contributed by atoms with van der Waals surface area (Å²) < 4.78 is 10.2. The molecule has 154 valence electrons. The number of H-pyrrole nitrogens is 1. The summed E-state index contributed by atoms with van der Waals surface area (Å²) in [5, 5.41) is 11.0. The molecule has 0 fully saturated rings. The molecule has 9 heteroatoms. The van der Waals surface area contributed by atoms with Crippen LogP contribution >= 0.6 is 0 Å². The molecular weight excluding hydrogens is 380 g/mol. The molecule has 0 aliphatic heterocycles. The van der Waals surface area contributed by atoms with Gasteiger partial charge in [-0.3, -0.25) is 14.9 Å². The molecule has 0 saturated heterocycles. The smallest absolute Gasteiger partial charge is 0.340 e. The van der Waals surface area contributed by atoms with Crippen molar-refractivity contribution in [2.75, 3.05) is 6.61 Å². The van der Waals surface area contributed by atoms with Crippen molar-refractivity contribution in [3.8, 4) is 0 Å². The van der Waals surface area contributed by atoms with Gasteiger partial charge in [-0.05, 0) is 46.2 Å². The Balaban J connectivity index is 2.22. The van der Waals surface area contributed by atoms with Gasteiger partial charge in [0.2, 0.25) is 5.78 Å². The zero-order chi connectivity index (χ0) is 21.9. The number of ether oxygens (including phenoxy) is 2. The molecule has 0 radical (unpaired) electrons. The number of aromatic amines is 1. The summed E-state index contributed by atoms with van der Waals surface area (Å²) in [6.07, 6.45) is -1.17. The molecule has 29 heavy (non-hydrogen) atoms. The minimum absolute atomic E-state index is 0.0337. The van der Waals surface area contributed by atoms with E-state index >= 15 is 0 Å². The van der Waals surface area contributed by atoms with Crippen molar-refractivity contribution in [2.24, 2.45) is 0 Å². The molecule has 9 nitrogen and oxygen atoms in total. The molecule has 0 bridgehead atoms. The SMILES string of the molecule is CCOC(=O)c1c(C)[nH]c(C(=O)C(C)OC(=O)c2ccc(C)c([N+](=O)[O-])c2)c1C. The molecular formula is C20H22N2O7. The number of aryl methyl sites for hydroxylation is 2. The highest BCUT2D eigenvalue weighted by molar-refractivity contribution is 6.04. The van der Waals surface area contributed by atoms with Crippen molar-refractivity contribution in [3.05, 3.63) is 62.0 Å². The second kappa shape index (κ2) is 8.68. The van der Waals surface area contributed by atoms with E-state index in [4.69, 9.17) is 9.47 Å². The maximum atomic E-state index is 12.7. The zero-order valence-electron chi connectivity index (χ0n) is 16.8. The molecule has 1 unspecified atom stereocenters. The van der Waals surface area contributed by atoms with Crippen molar-refractivity contribution >= 4 is 23.4 Å². The second-order valence-corrected chi connectivity index (χ2v) is 6.52. The highest BCUT2D eigenvalue weighted by Gasteiger charge is 2.28. The molecule has 1 N–H and O–H groups in total. The minimum atomic E-state index is -1.17.